The summed E-state index contributed by atoms with van der Waals surface area (Å²) in [5, 5.41) is 2.98. The second-order valence-electron chi connectivity index (χ2n) is 5.09. The van der Waals surface area contributed by atoms with E-state index in [2.05, 4.69) is 20.0 Å². The fourth-order valence-corrected chi connectivity index (χ4v) is 2.88. The maximum atomic E-state index is 12.2. The second-order valence-corrected chi connectivity index (χ2v) is 6.77. The van der Waals surface area contributed by atoms with Crippen LogP contribution in [0.1, 0.15) is 27.2 Å². The van der Waals surface area contributed by atoms with Crippen LogP contribution in [0, 0.1) is 0 Å². The summed E-state index contributed by atoms with van der Waals surface area (Å²) in [7, 11) is -2.14. The Morgan fingerprint density at radius 3 is 2.40 bits per heavy atom. The molecule has 0 unspecified atom stereocenters. The fraction of sp³-hybridized carbons (Fsp3) is 0.667. The highest BCUT2D eigenvalue weighted by atomic mass is 32.2. The monoisotopic (exact) mass is 302 g/mol. The van der Waals surface area contributed by atoms with Gasteiger partial charge in [0.1, 0.15) is 4.90 Å². The molecule has 1 aromatic heterocycles. The van der Waals surface area contributed by atoms with Crippen molar-refractivity contribution >= 4 is 16.0 Å². The Morgan fingerprint density at radius 1 is 1.30 bits per heavy atom. The highest BCUT2D eigenvalue weighted by Gasteiger charge is 2.26. The smallest absolute Gasteiger partial charge is 0.244 e. The zero-order chi connectivity index (χ0) is 15.2. The summed E-state index contributed by atoms with van der Waals surface area (Å²) in [6, 6.07) is 0. The van der Waals surface area contributed by atoms with Gasteiger partial charge in [0.2, 0.25) is 16.0 Å². The maximum Gasteiger partial charge on any atom is 0.244 e. The zero-order valence-electron chi connectivity index (χ0n) is 12.3. The molecule has 0 spiro atoms. The minimum atomic E-state index is -3.66. The van der Waals surface area contributed by atoms with Crippen molar-refractivity contribution in [1.29, 1.82) is 0 Å². The molecule has 0 amide bonds. The third-order valence-corrected chi connectivity index (χ3v) is 4.04. The summed E-state index contributed by atoms with van der Waals surface area (Å²) >= 11 is 0. The molecule has 0 fully saturated rings. The zero-order valence-corrected chi connectivity index (χ0v) is 13.1. The largest absolute Gasteiger partial charge is 0.383 e. The highest BCUT2D eigenvalue weighted by Crippen LogP contribution is 2.12. The first-order chi connectivity index (χ1) is 9.30. The summed E-state index contributed by atoms with van der Waals surface area (Å²) in [6.45, 7) is 6.51. The molecule has 1 aromatic rings. The predicted molar refractivity (Wildman–Crippen MR) is 77.1 cm³/mol. The van der Waals surface area contributed by atoms with Crippen LogP contribution in [0.3, 0.4) is 0 Å². The Balaban J connectivity index is 2.82. The van der Waals surface area contributed by atoms with Crippen LogP contribution in [0.25, 0.3) is 0 Å². The van der Waals surface area contributed by atoms with Gasteiger partial charge in [0, 0.05) is 13.7 Å². The van der Waals surface area contributed by atoms with Crippen LogP contribution in [0.5, 0.6) is 0 Å². The standard InChI is InChI=1S/C12H22N4O3S/c1-5-6-13-11-14-7-10(8-15-11)20(17,18)16-12(2,3)9-19-4/h7-8,16H,5-6,9H2,1-4H3,(H,13,14,15). The van der Waals surface area contributed by atoms with E-state index in [9.17, 15) is 8.42 Å². The van der Waals surface area contributed by atoms with Crippen molar-refractivity contribution in [3.05, 3.63) is 12.4 Å². The lowest BCUT2D eigenvalue weighted by atomic mass is 10.1. The van der Waals surface area contributed by atoms with E-state index in [1.54, 1.807) is 13.8 Å². The van der Waals surface area contributed by atoms with Crippen LogP contribution in [-0.2, 0) is 14.8 Å². The van der Waals surface area contributed by atoms with E-state index in [1.165, 1.54) is 19.5 Å². The first-order valence-corrected chi connectivity index (χ1v) is 7.88. The Morgan fingerprint density at radius 2 is 1.90 bits per heavy atom. The molecule has 0 saturated heterocycles. The molecule has 0 saturated carbocycles. The van der Waals surface area contributed by atoms with Crippen molar-refractivity contribution < 1.29 is 13.2 Å². The van der Waals surface area contributed by atoms with Crippen LogP contribution < -0.4 is 10.0 Å². The normalized spacial score (nSPS) is 12.4. The van der Waals surface area contributed by atoms with E-state index in [0.717, 1.165) is 13.0 Å². The molecular weight excluding hydrogens is 280 g/mol. The number of anilines is 1. The molecule has 0 atom stereocenters. The van der Waals surface area contributed by atoms with Crippen molar-refractivity contribution in [2.45, 2.75) is 37.6 Å². The van der Waals surface area contributed by atoms with Gasteiger partial charge in [-0.25, -0.2) is 23.1 Å². The molecule has 0 aliphatic carbocycles. The predicted octanol–water partition coefficient (Wildman–Crippen LogP) is 1.00. The minimum absolute atomic E-state index is 0.0312. The number of aromatic nitrogens is 2. The van der Waals surface area contributed by atoms with Crippen LogP contribution in [0.15, 0.2) is 17.3 Å². The number of rotatable bonds is 8. The van der Waals surface area contributed by atoms with E-state index >= 15 is 0 Å². The van der Waals surface area contributed by atoms with Gasteiger partial charge in [-0.1, -0.05) is 6.92 Å². The van der Waals surface area contributed by atoms with Gasteiger partial charge in [0.15, 0.2) is 0 Å². The number of hydrogen-bond donors (Lipinski definition) is 2. The van der Waals surface area contributed by atoms with E-state index in [1.807, 2.05) is 6.92 Å². The summed E-state index contributed by atoms with van der Waals surface area (Å²) < 4.78 is 31.9. The fourth-order valence-electron chi connectivity index (χ4n) is 1.60. The van der Waals surface area contributed by atoms with Gasteiger partial charge in [-0.3, -0.25) is 0 Å². The molecule has 8 heteroatoms. The molecule has 0 bridgehead atoms. The van der Waals surface area contributed by atoms with Gasteiger partial charge < -0.3 is 10.1 Å². The number of nitrogens with zero attached hydrogens (tertiary/aromatic N) is 2. The SMILES string of the molecule is CCCNc1ncc(S(=O)(=O)NC(C)(C)COC)cn1. The maximum absolute atomic E-state index is 12.2. The molecule has 1 rings (SSSR count). The van der Waals surface area contributed by atoms with Crippen molar-refractivity contribution in [2.24, 2.45) is 0 Å². The lowest BCUT2D eigenvalue weighted by molar-refractivity contribution is 0.141. The second kappa shape index (κ2) is 6.96. The molecular formula is C12H22N4O3S. The van der Waals surface area contributed by atoms with Gasteiger partial charge in [0.25, 0.3) is 0 Å². The van der Waals surface area contributed by atoms with Crippen LogP contribution in [0.2, 0.25) is 0 Å². The first-order valence-electron chi connectivity index (χ1n) is 6.39. The molecule has 20 heavy (non-hydrogen) atoms. The van der Waals surface area contributed by atoms with Crippen molar-refractivity contribution in [3.63, 3.8) is 0 Å². The van der Waals surface area contributed by atoms with Crippen molar-refractivity contribution in [1.82, 2.24) is 14.7 Å². The number of sulfonamides is 1. The third-order valence-electron chi connectivity index (χ3n) is 2.39. The Hall–Kier alpha value is -1.25. The average molecular weight is 302 g/mol. The van der Waals surface area contributed by atoms with Gasteiger partial charge in [0.05, 0.1) is 24.5 Å². The number of hydrogen-bond acceptors (Lipinski definition) is 6. The molecule has 114 valence electrons. The van der Waals surface area contributed by atoms with Crippen molar-refractivity contribution in [3.8, 4) is 0 Å². The third kappa shape index (κ3) is 5.03. The van der Waals surface area contributed by atoms with E-state index in [0.29, 0.717) is 5.95 Å². The number of methoxy groups -OCH3 is 1. The van der Waals surface area contributed by atoms with E-state index < -0.39 is 15.6 Å². The van der Waals surface area contributed by atoms with Gasteiger partial charge in [-0.15, -0.1) is 0 Å². The van der Waals surface area contributed by atoms with Crippen LogP contribution >= 0.6 is 0 Å². The Bertz CT molecular complexity index is 514. The van der Waals surface area contributed by atoms with E-state index in [-0.39, 0.29) is 11.5 Å². The molecule has 0 aliphatic heterocycles. The lowest BCUT2D eigenvalue weighted by Crippen LogP contribution is -2.46. The van der Waals surface area contributed by atoms with Crippen molar-refractivity contribution in [2.75, 3.05) is 25.6 Å². The van der Waals surface area contributed by atoms with Crippen LogP contribution in [-0.4, -0.2) is 44.2 Å². The van der Waals surface area contributed by atoms with E-state index in [4.69, 9.17) is 4.74 Å². The minimum Gasteiger partial charge on any atom is -0.383 e. The average Bonchev–Trinajstić information content (AvgIpc) is 2.35. The number of ether oxygens (including phenoxy) is 1. The van der Waals surface area contributed by atoms with Gasteiger partial charge in [-0.05, 0) is 20.3 Å². The van der Waals surface area contributed by atoms with Gasteiger partial charge in [-0.2, -0.15) is 0 Å². The summed E-state index contributed by atoms with van der Waals surface area (Å²) in [5.74, 6) is 0.418. The molecule has 0 radical (unpaired) electrons. The van der Waals surface area contributed by atoms with Crippen LogP contribution in [0.4, 0.5) is 5.95 Å². The molecule has 2 N–H and O–H groups in total. The number of nitrogens with one attached hydrogen (secondary N) is 2. The molecule has 0 aromatic carbocycles. The topological polar surface area (TPSA) is 93.2 Å². The molecule has 1 heterocycles. The highest BCUT2D eigenvalue weighted by molar-refractivity contribution is 7.89. The summed E-state index contributed by atoms with van der Waals surface area (Å²) in [4.78, 5) is 8.00. The Kier molecular flexibility index (Phi) is 5.85. The first kappa shape index (κ1) is 16.8. The summed E-state index contributed by atoms with van der Waals surface area (Å²) in [5.41, 5.74) is -0.702. The lowest BCUT2D eigenvalue weighted by Gasteiger charge is -2.24. The van der Waals surface area contributed by atoms with Gasteiger partial charge >= 0.3 is 0 Å². The Labute approximate surface area is 120 Å². The molecule has 7 nitrogen and oxygen atoms in total. The molecule has 0 aliphatic rings. The quantitative estimate of drug-likeness (QED) is 0.744. The summed E-state index contributed by atoms with van der Waals surface area (Å²) in [6.07, 6.45) is 3.52.